The molecule has 0 bridgehead atoms. The molecule has 0 aromatic heterocycles. The quantitative estimate of drug-likeness (QED) is 0.173. The topological polar surface area (TPSA) is 12.5 Å². The standard InChI is InChI=1S/C58H41NO/c1-57(2)51-36-41(39-18-7-4-8-19-39)30-34-44(51)45-35-33-43(37-52(45)57)59(42-31-28-40(29-32-42)38-16-5-3-6-17-38)53-25-15-24-50-56(53)46-20-9-10-21-47(46)58(50)48-22-11-13-26-54(48)60-55-27-14-12-23-49(55)58/h3-37H,1-2H3. The molecule has 0 atom stereocenters. The fraction of sp³-hybridized carbons (Fsp3) is 0.0690. The summed E-state index contributed by atoms with van der Waals surface area (Å²) in [5.74, 6) is 1.79. The van der Waals surface area contributed by atoms with E-state index in [1.807, 2.05) is 0 Å². The van der Waals surface area contributed by atoms with Crippen molar-refractivity contribution in [2.45, 2.75) is 24.7 Å². The predicted molar refractivity (Wildman–Crippen MR) is 247 cm³/mol. The zero-order valence-electron chi connectivity index (χ0n) is 33.6. The second-order valence-corrected chi connectivity index (χ2v) is 16.8. The molecule has 60 heavy (non-hydrogen) atoms. The number of fused-ring (bicyclic) bond motifs is 12. The third-order valence-electron chi connectivity index (χ3n) is 13.3. The highest BCUT2D eigenvalue weighted by Crippen LogP contribution is 2.64. The molecule has 0 radical (unpaired) electrons. The van der Waals surface area contributed by atoms with Crippen molar-refractivity contribution >= 4 is 17.1 Å². The maximum Gasteiger partial charge on any atom is 0.132 e. The number of hydrogen-bond acceptors (Lipinski definition) is 2. The normalized spacial score (nSPS) is 14.2. The molecule has 12 rings (SSSR count). The Morgan fingerprint density at radius 3 is 1.53 bits per heavy atom. The van der Waals surface area contributed by atoms with Crippen molar-refractivity contribution in [3.63, 3.8) is 0 Å². The van der Waals surface area contributed by atoms with E-state index in [2.05, 4.69) is 231 Å². The molecular formula is C58H41NO. The van der Waals surface area contributed by atoms with E-state index in [1.165, 1.54) is 66.8 Å². The Labute approximate surface area is 351 Å². The fourth-order valence-corrected chi connectivity index (χ4v) is 10.6. The Hall–Kier alpha value is -7.42. The average Bonchev–Trinajstić information content (AvgIpc) is 3.73. The van der Waals surface area contributed by atoms with Gasteiger partial charge in [-0.05, 0) is 110 Å². The highest BCUT2D eigenvalue weighted by Gasteiger charge is 2.52. The number of para-hydroxylation sites is 2. The van der Waals surface area contributed by atoms with Gasteiger partial charge in [0.15, 0.2) is 0 Å². The highest BCUT2D eigenvalue weighted by molar-refractivity contribution is 5.99. The first-order valence-corrected chi connectivity index (χ1v) is 20.9. The molecule has 2 aliphatic carbocycles. The summed E-state index contributed by atoms with van der Waals surface area (Å²) < 4.78 is 6.67. The van der Waals surface area contributed by atoms with E-state index in [1.54, 1.807) is 0 Å². The van der Waals surface area contributed by atoms with E-state index < -0.39 is 5.41 Å². The first kappa shape index (κ1) is 34.6. The van der Waals surface area contributed by atoms with E-state index in [9.17, 15) is 0 Å². The van der Waals surface area contributed by atoms with Gasteiger partial charge in [0.05, 0.1) is 11.1 Å². The van der Waals surface area contributed by atoms with Gasteiger partial charge >= 0.3 is 0 Å². The van der Waals surface area contributed by atoms with Gasteiger partial charge in [-0.25, -0.2) is 0 Å². The van der Waals surface area contributed by atoms with Gasteiger partial charge in [0.1, 0.15) is 11.5 Å². The molecule has 0 saturated carbocycles. The first-order chi connectivity index (χ1) is 29.5. The van der Waals surface area contributed by atoms with Crippen LogP contribution in [0.2, 0.25) is 0 Å². The van der Waals surface area contributed by atoms with Crippen LogP contribution in [0.4, 0.5) is 17.1 Å². The Morgan fingerprint density at radius 2 is 0.850 bits per heavy atom. The van der Waals surface area contributed by atoms with Crippen molar-refractivity contribution in [2.24, 2.45) is 0 Å². The number of nitrogens with zero attached hydrogens (tertiary/aromatic N) is 1. The summed E-state index contributed by atoms with van der Waals surface area (Å²) in [5, 5.41) is 0. The van der Waals surface area contributed by atoms with Crippen LogP contribution in [-0.2, 0) is 10.8 Å². The molecule has 2 heteroatoms. The zero-order chi connectivity index (χ0) is 40.0. The smallest absolute Gasteiger partial charge is 0.132 e. The van der Waals surface area contributed by atoms with Crippen molar-refractivity contribution in [3.8, 4) is 56.0 Å². The van der Waals surface area contributed by atoms with Crippen LogP contribution in [-0.4, -0.2) is 0 Å². The van der Waals surface area contributed by atoms with Gasteiger partial charge in [-0.2, -0.15) is 0 Å². The van der Waals surface area contributed by atoms with E-state index in [4.69, 9.17) is 4.74 Å². The average molecular weight is 768 g/mol. The van der Waals surface area contributed by atoms with Crippen LogP contribution in [0, 0.1) is 0 Å². The minimum Gasteiger partial charge on any atom is -0.457 e. The summed E-state index contributed by atoms with van der Waals surface area (Å²) in [4.78, 5) is 2.50. The molecule has 1 heterocycles. The number of ether oxygens (including phenoxy) is 1. The van der Waals surface area contributed by atoms with Crippen molar-refractivity contribution in [1.82, 2.24) is 0 Å². The minimum atomic E-state index is -0.561. The fourth-order valence-electron chi connectivity index (χ4n) is 10.6. The Morgan fingerprint density at radius 1 is 0.350 bits per heavy atom. The minimum absolute atomic E-state index is 0.209. The Kier molecular flexibility index (Phi) is 7.52. The van der Waals surface area contributed by atoms with Gasteiger partial charge in [0, 0.05) is 33.5 Å². The van der Waals surface area contributed by atoms with Gasteiger partial charge in [-0.3, -0.25) is 0 Å². The monoisotopic (exact) mass is 767 g/mol. The Balaban J connectivity index is 1.09. The van der Waals surface area contributed by atoms with Gasteiger partial charge in [-0.1, -0.05) is 178 Å². The lowest BCUT2D eigenvalue weighted by atomic mass is 9.66. The number of benzene rings is 9. The lowest BCUT2D eigenvalue weighted by Crippen LogP contribution is -2.32. The van der Waals surface area contributed by atoms with E-state index in [-0.39, 0.29) is 5.41 Å². The third kappa shape index (κ3) is 4.88. The van der Waals surface area contributed by atoms with Crippen molar-refractivity contribution in [2.75, 3.05) is 4.90 Å². The molecule has 9 aromatic rings. The van der Waals surface area contributed by atoms with Crippen molar-refractivity contribution < 1.29 is 4.74 Å². The molecule has 2 nitrogen and oxygen atoms in total. The third-order valence-corrected chi connectivity index (χ3v) is 13.3. The first-order valence-electron chi connectivity index (χ1n) is 20.9. The van der Waals surface area contributed by atoms with Crippen molar-refractivity contribution in [3.05, 3.63) is 246 Å². The number of hydrogen-bond donors (Lipinski definition) is 0. The molecule has 3 aliphatic rings. The maximum atomic E-state index is 6.67. The van der Waals surface area contributed by atoms with Crippen LogP contribution in [0.5, 0.6) is 11.5 Å². The van der Waals surface area contributed by atoms with Gasteiger partial charge in [0.25, 0.3) is 0 Å². The van der Waals surface area contributed by atoms with Crippen LogP contribution >= 0.6 is 0 Å². The lowest BCUT2D eigenvalue weighted by Gasteiger charge is -2.39. The van der Waals surface area contributed by atoms with Gasteiger partial charge < -0.3 is 9.64 Å². The molecule has 9 aromatic carbocycles. The molecule has 0 unspecified atom stereocenters. The van der Waals surface area contributed by atoms with Crippen molar-refractivity contribution in [1.29, 1.82) is 0 Å². The van der Waals surface area contributed by atoms with Crippen LogP contribution < -0.4 is 9.64 Å². The molecular weight excluding hydrogens is 727 g/mol. The van der Waals surface area contributed by atoms with E-state index >= 15 is 0 Å². The van der Waals surface area contributed by atoms with Crippen LogP contribution in [0.15, 0.2) is 212 Å². The van der Waals surface area contributed by atoms with Crippen LogP contribution in [0.3, 0.4) is 0 Å². The SMILES string of the molecule is CC1(C)c2cc(-c3ccccc3)ccc2-c2ccc(N(c3ccc(-c4ccccc4)cc3)c3cccc4c3-c3ccccc3C43c4ccccc4Oc4ccccc43)cc21. The Bertz CT molecular complexity index is 3100. The van der Waals surface area contributed by atoms with Crippen LogP contribution in [0.25, 0.3) is 44.5 Å². The molecule has 0 N–H and O–H groups in total. The molecule has 0 amide bonds. The highest BCUT2D eigenvalue weighted by atomic mass is 16.5. The molecule has 0 saturated heterocycles. The predicted octanol–water partition coefficient (Wildman–Crippen LogP) is 15.3. The molecule has 284 valence electrons. The zero-order valence-corrected chi connectivity index (χ0v) is 33.6. The summed E-state index contributed by atoms with van der Waals surface area (Å²) in [6.45, 7) is 4.77. The summed E-state index contributed by atoms with van der Waals surface area (Å²) in [6, 6.07) is 77.8. The lowest BCUT2D eigenvalue weighted by molar-refractivity contribution is 0.436. The summed E-state index contributed by atoms with van der Waals surface area (Å²) in [7, 11) is 0. The van der Waals surface area contributed by atoms with Gasteiger partial charge in [-0.15, -0.1) is 0 Å². The largest absolute Gasteiger partial charge is 0.457 e. The molecule has 1 aliphatic heterocycles. The summed E-state index contributed by atoms with van der Waals surface area (Å²) in [6.07, 6.45) is 0. The molecule has 0 fully saturated rings. The summed E-state index contributed by atoms with van der Waals surface area (Å²) >= 11 is 0. The second kappa shape index (κ2) is 13.0. The van der Waals surface area contributed by atoms with Crippen LogP contribution in [0.1, 0.15) is 47.2 Å². The van der Waals surface area contributed by atoms with Gasteiger partial charge in [0.2, 0.25) is 0 Å². The van der Waals surface area contributed by atoms with E-state index in [0.29, 0.717) is 0 Å². The maximum absolute atomic E-state index is 6.67. The number of anilines is 3. The number of rotatable bonds is 5. The molecule has 1 spiro atoms. The summed E-state index contributed by atoms with van der Waals surface area (Å²) in [5.41, 5.74) is 20.1. The van der Waals surface area contributed by atoms with E-state index in [0.717, 1.165) is 39.7 Å². The second-order valence-electron chi connectivity index (χ2n) is 16.8.